The summed E-state index contributed by atoms with van der Waals surface area (Å²) in [6, 6.07) is 16.9. The molecule has 2 aromatic carbocycles. The van der Waals surface area contributed by atoms with Crippen LogP contribution in [0.4, 0.5) is 0 Å². The molecule has 0 fully saturated rings. The molecule has 1 unspecified atom stereocenters. The van der Waals surface area contributed by atoms with Crippen molar-refractivity contribution in [3.63, 3.8) is 0 Å². The van der Waals surface area contributed by atoms with E-state index in [2.05, 4.69) is 11.5 Å². The lowest BCUT2D eigenvalue weighted by molar-refractivity contribution is -0.139. The highest BCUT2D eigenvalue weighted by molar-refractivity contribution is 6.08. The van der Waals surface area contributed by atoms with E-state index in [4.69, 9.17) is 4.74 Å². The van der Waals surface area contributed by atoms with E-state index in [0.717, 1.165) is 11.6 Å². The van der Waals surface area contributed by atoms with Crippen LogP contribution in [0.3, 0.4) is 0 Å². The number of ketones is 1. The number of ether oxygens (including phenoxy) is 1. The Morgan fingerprint density at radius 2 is 1.68 bits per heavy atom. The first kappa shape index (κ1) is 18.6. The molecule has 0 saturated carbocycles. The third-order valence-electron chi connectivity index (χ3n) is 4.07. The summed E-state index contributed by atoms with van der Waals surface area (Å²) < 4.78 is 5.07. The first-order chi connectivity index (χ1) is 12.0. The lowest BCUT2D eigenvalue weighted by Crippen LogP contribution is -2.33. The Labute approximate surface area is 148 Å². The monoisotopic (exact) mass is 337 g/mol. The smallest absolute Gasteiger partial charge is 0.330 e. The van der Waals surface area contributed by atoms with Crippen molar-refractivity contribution < 1.29 is 14.3 Å². The van der Waals surface area contributed by atoms with Crippen molar-refractivity contribution in [3.05, 3.63) is 83.9 Å². The SMILES string of the molecule is C=CC(=O)OCC(C)N(C)Cc1ccc(C(=O)c2ccccc2)cc1. The van der Waals surface area contributed by atoms with E-state index in [-0.39, 0.29) is 11.8 Å². The molecule has 0 bridgehead atoms. The number of rotatable bonds is 8. The van der Waals surface area contributed by atoms with Crippen LogP contribution in [0.1, 0.15) is 28.4 Å². The van der Waals surface area contributed by atoms with E-state index in [1.807, 2.05) is 68.6 Å². The van der Waals surface area contributed by atoms with Crippen molar-refractivity contribution in [1.29, 1.82) is 0 Å². The minimum atomic E-state index is -0.413. The van der Waals surface area contributed by atoms with Gasteiger partial charge in [-0.15, -0.1) is 0 Å². The van der Waals surface area contributed by atoms with Crippen molar-refractivity contribution in [2.75, 3.05) is 13.7 Å². The van der Waals surface area contributed by atoms with Gasteiger partial charge in [-0.2, -0.15) is 0 Å². The first-order valence-corrected chi connectivity index (χ1v) is 8.19. The van der Waals surface area contributed by atoms with Gasteiger partial charge in [0.25, 0.3) is 0 Å². The summed E-state index contributed by atoms with van der Waals surface area (Å²) in [6.07, 6.45) is 1.16. The van der Waals surface area contributed by atoms with Crippen LogP contribution in [0.25, 0.3) is 0 Å². The standard InChI is InChI=1S/C21H23NO3/c1-4-20(23)25-15-16(2)22(3)14-17-10-12-19(13-11-17)21(24)18-8-6-5-7-9-18/h4-13,16H,1,14-15H2,2-3H3. The van der Waals surface area contributed by atoms with Gasteiger partial charge in [0, 0.05) is 29.8 Å². The molecule has 0 aliphatic heterocycles. The second-order valence-electron chi connectivity index (χ2n) is 5.99. The minimum Gasteiger partial charge on any atom is -0.461 e. The van der Waals surface area contributed by atoms with Crippen molar-refractivity contribution in [3.8, 4) is 0 Å². The van der Waals surface area contributed by atoms with Gasteiger partial charge >= 0.3 is 5.97 Å². The molecule has 25 heavy (non-hydrogen) atoms. The summed E-state index contributed by atoms with van der Waals surface area (Å²) in [7, 11) is 1.97. The number of benzene rings is 2. The third-order valence-corrected chi connectivity index (χ3v) is 4.07. The van der Waals surface area contributed by atoms with Crippen LogP contribution < -0.4 is 0 Å². The molecule has 4 heteroatoms. The Bertz CT molecular complexity index is 723. The van der Waals surface area contributed by atoms with E-state index < -0.39 is 5.97 Å². The van der Waals surface area contributed by atoms with E-state index >= 15 is 0 Å². The van der Waals surface area contributed by atoms with Gasteiger partial charge in [0.2, 0.25) is 0 Å². The Balaban J connectivity index is 1.94. The van der Waals surface area contributed by atoms with Crippen LogP contribution in [0.15, 0.2) is 67.3 Å². The van der Waals surface area contributed by atoms with Crippen LogP contribution in [0.5, 0.6) is 0 Å². The van der Waals surface area contributed by atoms with Gasteiger partial charge in [0.1, 0.15) is 6.61 Å². The quantitative estimate of drug-likeness (QED) is 0.420. The number of likely N-dealkylation sites (N-methyl/N-ethyl adjacent to an activating group) is 1. The van der Waals surface area contributed by atoms with Gasteiger partial charge in [0.05, 0.1) is 0 Å². The zero-order valence-electron chi connectivity index (χ0n) is 14.6. The number of esters is 1. The van der Waals surface area contributed by atoms with Crippen LogP contribution in [0, 0.1) is 0 Å². The van der Waals surface area contributed by atoms with Gasteiger partial charge in [-0.05, 0) is 19.5 Å². The molecule has 0 radical (unpaired) electrons. The molecule has 0 heterocycles. The van der Waals surface area contributed by atoms with Crippen molar-refractivity contribution in [1.82, 2.24) is 4.90 Å². The zero-order valence-corrected chi connectivity index (χ0v) is 14.6. The van der Waals surface area contributed by atoms with Crippen molar-refractivity contribution in [2.45, 2.75) is 19.5 Å². The fourth-order valence-corrected chi connectivity index (χ4v) is 2.35. The van der Waals surface area contributed by atoms with Crippen LogP contribution in [-0.2, 0) is 16.1 Å². The van der Waals surface area contributed by atoms with Crippen LogP contribution in [-0.4, -0.2) is 36.3 Å². The Morgan fingerprint density at radius 3 is 2.28 bits per heavy atom. The fraction of sp³-hybridized carbons (Fsp3) is 0.238. The lowest BCUT2D eigenvalue weighted by atomic mass is 10.0. The normalized spacial score (nSPS) is 11.8. The summed E-state index contributed by atoms with van der Waals surface area (Å²) in [5.41, 5.74) is 2.45. The molecule has 0 spiro atoms. The largest absolute Gasteiger partial charge is 0.461 e. The van der Waals surface area contributed by atoms with Gasteiger partial charge in [0.15, 0.2) is 5.78 Å². The average Bonchev–Trinajstić information content (AvgIpc) is 2.66. The Kier molecular flexibility index (Phi) is 6.66. The minimum absolute atomic E-state index is 0.0187. The third kappa shape index (κ3) is 5.40. The van der Waals surface area contributed by atoms with Crippen molar-refractivity contribution in [2.24, 2.45) is 0 Å². The number of carbonyl (C=O) groups is 2. The van der Waals surface area contributed by atoms with Gasteiger partial charge in [-0.25, -0.2) is 4.79 Å². The Hall–Kier alpha value is -2.72. The summed E-state index contributed by atoms with van der Waals surface area (Å²) in [6.45, 7) is 6.38. The molecule has 0 aliphatic rings. The zero-order chi connectivity index (χ0) is 18.2. The molecule has 2 aromatic rings. The number of carbonyl (C=O) groups excluding carboxylic acids is 2. The number of hydrogen-bond donors (Lipinski definition) is 0. The summed E-state index contributed by atoms with van der Waals surface area (Å²) >= 11 is 0. The van der Waals surface area contributed by atoms with Crippen LogP contribution >= 0.6 is 0 Å². The molecule has 0 amide bonds. The lowest BCUT2D eigenvalue weighted by Gasteiger charge is -2.24. The van der Waals surface area contributed by atoms with Crippen molar-refractivity contribution >= 4 is 11.8 Å². The summed E-state index contributed by atoms with van der Waals surface area (Å²) in [4.78, 5) is 25.6. The van der Waals surface area contributed by atoms with E-state index in [0.29, 0.717) is 24.3 Å². The highest BCUT2D eigenvalue weighted by Crippen LogP contribution is 2.13. The topological polar surface area (TPSA) is 46.6 Å². The fourth-order valence-electron chi connectivity index (χ4n) is 2.35. The number of nitrogens with zero attached hydrogens (tertiary/aromatic N) is 1. The molecule has 0 aliphatic carbocycles. The molecular weight excluding hydrogens is 314 g/mol. The molecule has 0 saturated heterocycles. The van der Waals surface area contributed by atoms with E-state index in [1.54, 1.807) is 0 Å². The molecule has 4 nitrogen and oxygen atoms in total. The van der Waals surface area contributed by atoms with Crippen LogP contribution in [0.2, 0.25) is 0 Å². The molecule has 130 valence electrons. The predicted octanol–water partition coefficient (Wildman–Crippen LogP) is 3.47. The van der Waals surface area contributed by atoms with Gasteiger partial charge in [-0.3, -0.25) is 9.69 Å². The maximum Gasteiger partial charge on any atom is 0.330 e. The van der Waals surface area contributed by atoms with E-state index in [1.165, 1.54) is 0 Å². The second kappa shape index (κ2) is 8.94. The highest BCUT2D eigenvalue weighted by Gasteiger charge is 2.13. The molecule has 0 N–H and O–H groups in total. The van der Waals surface area contributed by atoms with Gasteiger partial charge in [-0.1, -0.05) is 61.2 Å². The summed E-state index contributed by atoms with van der Waals surface area (Å²) in [5.74, 6) is -0.394. The average molecular weight is 337 g/mol. The maximum atomic E-state index is 12.4. The molecule has 0 aromatic heterocycles. The Morgan fingerprint density at radius 1 is 1.08 bits per heavy atom. The molecule has 1 atom stereocenters. The predicted molar refractivity (Wildman–Crippen MR) is 98.4 cm³/mol. The molecule has 2 rings (SSSR count). The van der Waals surface area contributed by atoms with E-state index in [9.17, 15) is 9.59 Å². The maximum absolute atomic E-state index is 12.4. The summed E-state index contributed by atoms with van der Waals surface area (Å²) in [5, 5.41) is 0. The number of hydrogen-bond acceptors (Lipinski definition) is 4. The first-order valence-electron chi connectivity index (χ1n) is 8.19. The van der Waals surface area contributed by atoms with Gasteiger partial charge < -0.3 is 4.74 Å². The highest BCUT2D eigenvalue weighted by atomic mass is 16.5. The second-order valence-corrected chi connectivity index (χ2v) is 5.99. The molecular formula is C21H23NO3.